The predicted molar refractivity (Wildman–Crippen MR) is 59.2 cm³/mol. The van der Waals surface area contributed by atoms with Crippen LogP contribution in [-0.2, 0) is 4.74 Å². The minimum absolute atomic E-state index is 0.581. The van der Waals surface area contributed by atoms with Gasteiger partial charge in [0.05, 0.1) is 25.1 Å². The van der Waals surface area contributed by atoms with Crippen LogP contribution in [0.4, 0.5) is 11.7 Å². The summed E-state index contributed by atoms with van der Waals surface area (Å²) in [6.07, 6.45) is 1.58. The average molecular weight is 220 g/mol. The van der Waals surface area contributed by atoms with Gasteiger partial charge in [-0.1, -0.05) is 0 Å². The highest BCUT2D eigenvalue weighted by Gasteiger charge is 2.17. The largest absolute Gasteiger partial charge is 0.422 e. The summed E-state index contributed by atoms with van der Waals surface area (Å²) in [6, 6.07) is 2.33. The maximum atomic E-state index is 5.63. The summed E-state index contributed by atoms with van der Waals surface area (Å²) < 4.78 is 10.9. The Labute approximate surface area is 92.0 Å². The highest BCUT2D eigenvalue weighted by atomic mass is 16.5. The third kappa shape index (κ3) is 1.57. The van der Waals surface area contributed by atoms with Gasteiger partial charge in [-0.05, 0) is 0 Å². The van der Waals surface area contributed by atoms with E-state index in [1.165, 1.54) is 0 Å². The molecule has 1 aliphatic heterocycles. The monoisotopic (exact) mass is 220 g/mol. The summed E-state index contributed by atoms with van der Waals surface area (Å²) in [5.74, 6) is 0. The van der Waals surface area contributed by atoms with Crippen molar-refractivity contribution in [3.8, 4) is 0 Å². The van der Waals surface area contributed by atoms with E-state index >= 15 is 0 Å². The van der Waals surface area contributed by atoms with Gasteiger partial charge >= 0.3 is 0 Å². The first-order valence-electron chi connectivity index (χ1n) is 5.18. The molecule has 1 saturated heterocycles. The van der Waals surface area contributed by atoms with Gasteiger partial charge in [0.2, 0.25) is 5.65 Å². The minimum Gasteiger partial charge on any atom is -0.422 e. The van der Waals surface area contributed by atoms with Crippen molar-refractivity contribution in [1.29, 1.82) is 0 Å². The van der Waals surface area contributed by atoms with Crippen LogP contribution in [0.3, 0.4) is 0 Å². The van der Waals surface area contributed by atoms with Crippen LogP contribution in [0, 0.1) is 0 Å². The number of nitrogen functional groups attached to an aromatic ring is 1. The maximum Gasteiger partial charge on any atom is 0.300 e. The van der Waals surface area contributed by atoms with Gasteiger partial charge in [-0.15, -0.1) is 0 Å². The molecule has 0 bridgehead atoms. The SMILES string of the molecule is Nc1cnc2nc(N3CCOCC3)oc2c1. The van der Waals surface area contributed by atoms with E-state index < -0.39 is 0 Å². The first-order valence-corrected chi connectivity index (χ1v) is 5.18. The van der Waals surface area contributed by atoms with E-state index in [2.05, 4.69) is 9.97 Å². The van der Waals surface area contributed by atoms with Crippen LogP contribution in [0.2, 0.25) is 0 Å². The molecule has 3 rings (SSSR count). The molecule has 2 aromatic heterocycles. The highest BCUT2D eigenvalue weighted by Crippen LogP contribution is 2.22. The zero-order valence-electron chi connectivity index (χ0n) is 8.72. The third-order valence-electron chi connectivity index (χ3n) is 2.54. The number of fused-ring (bicyclic) bond motifs is 1. The molecule has 3 heterocycles. The molecule has 0 aliphatic carbocycles. The van der Waals surface area contributed by atoms with E-state index in [1.807, 2.05) is 4.90 Å². The molecular weight excluding hydrogens is 208 g/mol. The van der Waals surface area contributed by atoms with Gasteiger partial charge in [-0.25, -0.2) is 4.98 Å². The summed E-state index contributed by atoms with van der Waals surface area (Å²) in [6.45, 7) is 2.99. The Morgan fingerprint density at radius 3 is 2.94 bits per heavy atom. The zero-order valence-corrected chi connectivity index (χ0v) is 8.72. The fourth-order valence-electron chi connectivity index (χ4n) is 1.71. The third-order valence-corrected chi connectivity index (χ3v) is 2.54. The number of anilines is 2. The number of nitrogens with zero attached hydrogens (tertiary/aromatic N) is 3. The van der Waals surface area contributed by atoms with Gasteiger partial charge in [-0.2, -0.15) is 4.98 Å². The van der Waals surface area contributed by atoms with Crippen molar-refractivity contribution in [2.24, 2.45) is 0 Å². The van der Waals surface area contributed by atoms with Gasteiger partial charge in [0.1, 0.15) is 0 Å². The fraction of sp³-hybridized carbons (Fsp3) is 0.400. The van der Waals surface area contributed by atoms with Crippen molar-refractivity contribution < 1.29 is 9.15 Å². The topological polar surface area (TPSA) is 77.4 Å². The zero-order chi connectivity index (χ0) is 11.0. The Kier molecular flexibility index (Phi) is 2.14. The lowest BCUT2D eigenvalue weighted by Gasteiger charge is -2.24. The minimum atomic E-state index is 0.581. The lowest BCUT2D eigenvalue weighted by molar-refractivity contribution is 0.120. The maximum absolute atomic E-state index is 5.63. The summed E-state index contributed by atoms with van der Waals surface area (Å²) in [5.41, 5.74) is 7.43. The van der Waals surface area contributed by atoms with Crippen molar-refractivity contribution in [3.05, 3.63) is 12.3 Å². The number of hydrogen-bond acceptors (Lipinski definition) is 6. The van der Waals surface area contributed by atoms with Crippen molar-refractivity contribution in [1.82, 2.24) is 9.97 Å². The van der Waals surface area contributed by atoms with Gasteiger partial charge in [0.15, 0.2) is 5.58 Å². The predicted octanol–water partition coefficient (Wildman–Crippen LogP) is 0.642. The second-order valence-corrected chi connectivity index (χ2v) is 3.69. The Hall–Kier alpha value is -1.82. The number of oxazole rings is 1. The molecule has 0 aromatic carbocycles. The number of pyridine rings is 1. The van der Waals surface area contributed by atoms with Gasteiger partial charge < -0.3 is 19.8 Å². The lowest BCUT2D eigenvalue weighted by Crippen LogP contribution is -2.36. The molecule has 84 valence electrons. The second-order valence-electron chi connectivity index (χ2n) is 3.69. The normalized spacial score (nSPS) is 16.9. The van der Waals surface area contributed by atoms with Crippen LogP contribution in [-0.4, -0.2) is 36.3 Å². The van der Waals surface area contributed by atoms with Crippen molar-refractivity contribution >= 4 is 22.9 Å². The summed E-state index contributed by atoms with van der Waals surface area (Å²) in [4.78, 5) is 10.5. The molecule has 0 saturated carbocycles. The molecule has 0 spiro atoms. The Bertz CT molecular complexity index is 504. The summed E-state index contributed by atoms with van der Waals surface area (Å²) in [7, 11) is 0. The van der Waals surface area contributed by atoms with E-state index in [4.69, 9.17) is 14.9 Å². The first kappa shape index (κ1) is 9.41. The quantitative estimate of drug-likeness (QED) is 0.760. The summed E-state index contributed by atoms with van der Waals surface area (Å²) in [5, 5.41) is 0. The molecule has 0 radical (unpaired) electrons. The Morgan fingerprint density at radius 2 is 2.12 bits per heavy atom. The first-order chi connectivity index (χ1) is 7.83. The molecule has 1 aliphatic rings. The molecule has 0 amide bonds. The molecule has 6 nitrogen and oxygen atoms in total. The molecular formula is C10H12N4O2. The van der Waals surface area contributed by atoms with E-state index in [1.54, 1.807) is 12.3 Å². The summed E-state index contributed by atoms with van der Waals surface area (Å²) >= 11 is 0. The van der Waals surface area contributed by atoms with E-state index in [-0.39, 0.29) is 0 Å². The van der Waals surface area contributed by atoms with Gasteiger partial charge in [0, 0.05) is 19.2 Å². The number of aromatic nitrogens is 2. The van der Waals surface area contributed by atoms with Crippen LogP contribution in [0.1, 0.15) is 0 Å². The van der Waals surface area contributed by atoms with E-state index in [9.17, 15) is 0 Å². The molecule has 1 fully saturated rings. The smallest absolute Gasteiger partial charge is 0.300 e. The van der Waals surface area contributed by atoms with Crippen LogP contribution in [0.5, 0.6) is 0 Å². The van der Waals surface area contributed by atoms with Crippen LogP contribution < -0.4 is 10.6 Å². The molecule has 16 heavy (non-hydrogen) atoms. The molecule has 0 unspecified atom stereocenters. The van der Waals surface area contributed by atoms with Crippen LogP contribution >= 0.6 is 0 Å². The Morgan fingerprint density at radius 1 is 1.31 bits per heavy atom. The van der Waals surface area contributed by atoms with Crippen molar-refractivity contribution in [2.45, 2.75) is 0 Å². The number of ether oxygens (including phenoxy) is 1. The number of nitrogens with two attached hydrogens (primary N) is 1. The molecule has 2 aromatic rings. The fourth-order valence-corrected chi connectivity index (χ4v) is 1.71. The lowest BCUT2D eigenvalue weighted by atomic mass is 10.4. The second kappa shape index (κ2) is 3.64. The standard InChI is InChI=1S/C10H12N4O2/c11-7-5-8-9(12-6-7)13-10(16-8)14-1-3-15-4-2-14/h5-6H,1-4,11H2. The van der Waals surface area contributed by atoms with Crippen molar-refractivity contribution in [2.75, 3.05) is 36.9 Å². The average Bonchev–Trinajstić information content (AvgIpc) is 2.73. The molecule has 6 heteroatoms. The van der Waals surface area contributed by atoms with Crippen LogP contribution in [0.25, 0.3) is 11.2 Å². The van der Waals surface area contributed by atoms with Crippen molar-refractivity contribution in [3.63, 3.8) is 0 Å². The molecule has 2 N–H and O–H groups in total. The molecule has 0 atom stereocenters. The highest BCUT2D eigenvalue weighted by molar-refractivity contribution is 5.73. The number of rotatable bonds is 1. The van der Waals surface area contributed by atoms with Gasteiger partial charge in [0.25, 0.3) is 6.01 Å². The van der Waals surface area contributed by atoms with E-state index in [0.717, 1.165) is 13.1 Å². The number of morpholine rings is 1. The van der Waals surface area contributed by atoms with E-state index in [0.29, 0.717) is 36.1 Å². The van der Waals surface area contributed by atoms with Gasteiger partial charge in [-0.3, -0.25) is 0 Å². The van der Waals surface area contributed by atoms with Crippen LogP contribution in [0.15, 0.2) is 16.7 Å². The number of hydrogen-bond donors (Lipinski definition) is 1. The Balaban J connectivity index is 1.97.